The van der Waals surface area contributed by atoms with Crippen molar-refractivity contribution >= 4 is 24.6 Å². The van der Waals surface area contributed by atoms with Crippen LogP contribution in [0.4, 0.5) is 0 Å². The molecular weight excluding hydrogens is 302 g/mol. The quantitative estimate of drug-likeness (QED) is 0.405. The molecule has 22 heavy (non-hydrogen) atoms. The van der Waals surface area contributed by atoms with Crippen LogP contribution in [-0.4, -0.2) is 17.7 Å². The Morgan fingerprint density at radius 1 is 0.727 bits per heavy atom. The molecule has 0 saturated carbocycles. The lowest BCUT2D eigenvalue weighted by Crippen LogP contribution is -2.27. The number of unbranched alkanes of at least 4 members (excludes halogenated alkanes) is 9. The van der Waals surface area contributed by atoms with Gasteiger partial charge in [0.1, 0.15) is 5.75 Å². The van der Waals surface area contributed by atoms with Crippen LogP contribution in [0.25, 0.3) is 0 Å². The maximum Gasteiger partial charge on any atom is 0.103 e. The molecule has 5 nitrogen and oxygen atoms in total. The van der Waals surface area contributed by atoms with Crippen LogP contribution in [0.3, 0.4) is 0 Å². The first kappa shape index (κ1) is 26.2. The molecule has 134 valence electrons. The first-order chi connectivity index (χ1) is 10.0. The summed E-state index contributed by atoms with van der Waals surface area (Å²) in [7, 11) is 0. The lowest BCUT2D eigenvalue weighted by Gasteiger charge is -2.00. The van der Waals surface area contributed by atoms with Crippen LogP contribution in [-0.2, 0) is 22.2 Å². The van der Waals surface area contributed by atoms with E-state index in [0.717, 1.165) is 0 Å². The summed E-state index contributed by atoms with van der Waals surface area (Å²) in [5.74, 6) is -1.56. The van der Waals surface area contributed by atoms with Crippen molar-refractivity contribution in [1.29, 1.82) is 0 Å². The van der Waals surface area contributed by atoms with Gasteiger partial charge in [-0.25, -0.2) is 0 Å². The summed E-state index contributed by atoms with van der Waals surface area (Å²) in [6.07, 6.45) is 13.4. The van der Waals surface area contributed by atoms with Gasteiger partial charge in [0.05, 0.1) is 0 Å². The molecule has 0 unspecified atom stereocenters. The highest BCUT2D eigenvalue weighted by Crippen LogP contribution is 2.10. The van der Waals surface area contributed by atoms with Crippen LogP contribution in [0.2, 0.25) is 0 Å². The van der Waals surface area contributed by atoms with Crippen molar-refractivity contribution in [3.05, 3.63) is 0 Å². The van der Waals surface area contributed by atoms with E-state index in [1.165, 1.54) is 70.0 Å². The van der Waals surface area contributed by atoms with E-state index < -0.39 is 24.8 Å². The molecule has 0 aromatic heterocycles. The van der Waals surface area contributed by atoms with Gasteiger partial charge in [-0.2, -0.15) is 0 Å². The van der Waals surface area contributed by atoms with Gasteiger partial charge >= 0.3 is 0 Å². The molecule has 0 aliphatic carbocycles. The highest BCUT2D eigenvalue weighted by atomic mass is 32.1. The third kappa shape index (κ3) is 31.6. The summed E-state index contributed by atoms with van der Waals surface area (Å²) < 4.78 is 0. The minimum Gasteiger partial charge on any atom is -0.550 e. The predicted octanol–water partition coefficient (Wildman–Crippen LogP) is 1.56. The smallest absolute Gasteiger partial charge is 0.103 e. The molecule has 0 radical (unpaired) electrons. The van der Waals surface area contributed by atoms with Gasteiger partial charge in [-0.1, -0.05) is 58.3 Å². The molecule has 0 atom stereocenters. The Morgan fingerprint density at radius 3 is 1.32 bits per heavy atom. The van der Waals surface area contributed by atoms with Gasteiger partial charge in [0.25, 0.3) is 0 Å². The lowest BCUT2D eigenvalue weighted by atomic mass is 10.1. The van der Waals surface area contributed by atoms with Crippen molar-refractivity contribution in [1.82, 2.24) is 6.15 Å². The predicted molar refractivity (Wildman–Crippen MR) is 92.1 cm³/mol. The Labute approximate surface area is 140 Å². The number of aliphatic carboxylic acids is 2. The summed E-state index contributed by atoms with van der Waals surface area (Å²) in [6.45, 7) is 2.28. The summed E-state index contributed by atoms with van der Waals surface area (Å²) in [5.41, 5.74) is 0. The molecule has 0 aromatic rings. The number of carbonyl (C=O) groups is 2. The Balaban J connectivity index is -0.000000348. The molecule has 4 N–H and O–H groups in total. The average molecular weight is 338 g/mol. The van der Waals surface area contributed by atoms with Gasteiger partial charge in [0.2, 0.25) is 0 Å². The number of hydrogen-bond acceptors (Lipinski definition) is 4. The first-order valence-electron chi connectivity index (χ1n) is 8.08. The Kier molecular flexibility index (Phi) is 26.8. The second-order valence-electron chi connectivity index (χ2n) is 5.18. The van der Waals surface area contributed by atoms with Crippen molar-refractivity contribution in [3.63, 3.8) is 0 Å². The van der Waals surface area contributed by atoms with E-state index in [1.54, 1.807) is 0 Å². The summed E-state index contributed by atoms with van der Waals surface area (Å²) in [6, 6.07) is 0. The zero-order chi connectivity index (χ0) is 16.3. The van der Waals surface area contributed by atoms with E-state index in [1.807, 2.05) is 0 Å². The fourth-order valence-electron chi connectivity index (χ4n) is 1.82. The van der Waals surface area contributed by atoms with E-state index in [2.05, 4.69) is 19.6 Å². The second kappa shape index (κ2) is 22.5. The van der Waals surface area contributed by atoms with Crippen LogP contribution in [0.15, 0.2) is 0 Å². The molecule has 0 fully saturated rings. The zero-order valence-corrected chi connectivity index (χ0v) is 15.3. The SMILES string of the molecule is CCCCCCCCCCCC[SH2+].O=C([O-])CCC(=O)[O-].[NH4+]. The van der Waals surface area contributed by atoms with Gasteiger partial charge in [-0.05, 0) is 38.3 Å². The number of hydrogen-bond donors (Lipinski definition) is 1. The van der Waals surface area contributed by atoms with Gasteiger partial charge in [0.15, 0.2) is 0 Å². The highest BCUT2D eigenvalue weighted by molar-refractivity contribution is 7.58. The zero-order valence-electron chi connectivity index (χ0n) is 14.3. The maximum absolute atomic E-state index is 9.50. The van der Waals surface area contributed by atoms with Crippen molar-refractivity contribution in [2.75, 3.05) is 5.75 Å². The van der Waals surface area contributed by atoms with E-state index in [4.69, 9.17) is 0 Å². The standard InChI is InChI=1S/C12H26S.C4H6O4.H3N/c1-2-3-4-5-6-7-8-9-10-11-12-13;5-3(6)1-2-4(7)8;/h13H,2-12H2,1H3;1-2H2,(H,5,6)(H,7,8);1H3. The molecule has 0 saturated heterocycles. The molecule has 0 spiro atoms. The normalized spacial score (nSPS) is 9.36. The molecule has 0 aromatic carbocycles. The molecular formula is C16H35NO4S. The van der Waals surface area contributed by atoms with Crippen LogP contribution < -0.4 is 16.4 Å². The number of carboxylic acid groups (broad SMARTS) is 2. The Hall–Kier alpha value is -0.750. The topological polar surface area (TPSA) is 117 Å². The number of quaternary nitrogens is 1. The van der Waals surface area contributed by atoms with Gasteiger partial charge in [-0.15, -0.1) is 0 Å². The Bertz CT molecular complexity index is 226. The minimum absolute atomic E-state index is 0. The molecule has 0 rings (SSSR count). The van der Waals surface area contributed by atoms with Crippen molar-refractivity contribution in [2.45, 2.75) is 84.0 Å². The molecule has 6 heteroatoms. The van der Waals surface area contributed by atoms with E-state index in [-0.39, 0.29) is 6.15 Å². The van der Waals surface area contributed by atoms with Crippen molar-refractivity contribution in [3.8, 4) is 0 Å². The van der Waals surface area contributed by atoms with Crippen LogP contribution in [0.5, 0.6) is 0 Å². The first-order valence-corrected chi connectivity index (χ1v) is 8.79. The third-order valence-electron chi connectivity index (χ3n) is 3.06. The monoisotopic (exact) mass is 337 g/mol. The molecule has 0 amide bonds. The Morgan fingerprint density at radius 2 is 1.05 bits per heavy atom. The molecule has 0 heterocycles. The number of rotatable bonds is 13. The van der Waals surface area contributed by atoms with Gasteiger partial charge in [0, 0.05) is 11.9 Å². The third-order valence-corrected chi connectivity index (χ3v) is 3.42. The van der Waals surface area contributed by atoms with Gasteiger partial charge < -0.3 is 26.0 Å². The maximum atomic E-state index is 9.50. The highest BCUT2D eigenvalue weighted by Gasteiger charge is 1.92. The minimum atomic E-state index is -1.37. The van der Waals surface area contributed by atoms with Gasteiger partial charge in [-0.3, -0.25) is 0 Å². The number of carbonyl (C=O) groups excluding carboxylic acids is 2. The fourth-order valence-corrected chi connectivity index (χ4v) is 2.07. The number of carboxylic acids is 2. The van der Waals surface area contributed by atoms with Crippen molar-refractivity contribution < 1.29 is 19.8 Å². The van der Waals surface area contributed by atoms with Crippen LogP contribution >= 0.6 is 0 Å². The summed E-state index contributed by atoms with van der Waals surface area (Å²) in [5, 5.41) is 19.0. The average Bonchev–Trinajstić information content (AvgIpc) is 2.44. The molecule has 0 bridgehead atoms. The van der Waals surface area contributed by atoms with E-state index >= 15 is 0 Å². The van der Waals surface area contributed by atoms with E-state index in [0.29, 0.717) is 0 Å². The van der Waals surface area contributed by atoms with Crippen LogP contribution in [0.1, 0.15) is 84.0 Å². The summed E-state index contributed by atoms with van der Waals surface area (Å²) >= 11 is 3.50. The largest absolute Gasteiger partial charge is 0.550 e. The van der Waals surface area contributed by atoms with Crippen LogP contribution in [0, 0.1) is 0 Å². The van der Waals surface area contributed by atoms with E-state index in [9.17, 15) is 19.8 Å². The summed E-state index contributed by atoms with van der Waals surface area (Å²) in [4.78, 5) is 19.0. The molecule has 0 aliphatic heterocycles. The fraction of sp³-hybridized carbons (Fsp3) is 0.875. The lowest BCUT2D eigenvalue weighted by molar-refractivity contribution is -0.315. The van der Waals surface area contributed by atoms with Crippen molar-refractivity contribution in [2.24, 2.45) is 0 Å². The molecule has 0 aliphatic rings. The second-order valence-corrected chi connectivity index (χ2v) is 5.68.